The molecule has 0 bridgehead atoms. The smallest absolute Gasteiger partial charge is 0.243 e. The van der Waals surface area contributed by atoms with Crippen molar-refractivity contribution in [3.63, 3.8) is 0 Å². The minimum Gasteiger partial charge on any atom is -0.368 e. The average molecular weight is 494 g/mol. The molecule has 3 aromatic carbocycles. The van der Waals surface area contributed by atoms with Crippen molar-refractivity contribution in [1.82, 2.24) is 14.1 Å². The topological polar surface area (TPSA) is 70.2 Å². The summed E-state index contributed by atoms with van der Waals surface area (Å²) in [5, 5.41) is 1.91. The third kappa shape index (κ3) is 5.26. The Morgan fingerprint density at radius 2 is 1.57 bits per heavy atom. The third-order valence-corrected chi connectivity index (χ3v) is 8.71. The van der Waals surface area contributed by atoms with Gasteiger partial charge in [0, 0.05) is 39.3 Å². The highest BCUT2D eigenvalue weighted by atomic mass is 32.2. The van der Waals surface area contributed by atoms with Crippen molar-refractivity contribution in [3.8, 4) is 0 Å². The third-order valence-electron chi connectivity index (χ3n) is 6.82. The van der Waals surface area contributed by atoms with Gasteiger partial charge in [0.25, 0.3) is 0 Å². The predicted molar refractivity (Wildman–Crippen MR) is 135 cm³/mol. The van der Waals surface area contributed by atoms with Crippen molar-refractivity contribution in [2.75, 3.05) is 45.8 Å². The molecule has 5 rings (SSSR count). The molecular weight excluding hydrogens is 462 g/mol. The van der Waals surface area contributed by atoms with Gasteiger partial charge in [0.05, 0.1) is 23.6 Å². The van der Waals surface area contributed by atoms with Crippen molar-refractivity contribution < 1.29 is 17.9 Å². The number of morpholine rings is 1. The number of ether oxygens (including phenoxy) is 1. The lowest BCUT2D eigenvalue weighted by Gasteiger charge is -2.39. The Balaban J connectivity index is 1.19. The van der Waals surface area contributed by atoms with E-state index in [9.17, 15) is 13.2 Å². The average Bonchev–Trinajstić information content (AvgIpc) is 2.88. The second kappa shape index (κ2) is 10.1. The minimum atomic E-state index is -3.61. The fourth-order valence-electron chi connectivity index (χ4n) is 4.97. The van der Waals surface area contributed by atoms with Crippen LogP contribution >= 0.6 is 0 Å². The van der Waals surface area contributed by atoms with Crippen LogP contribution < -0.4 is 0 Å². The first kappa shape index (κ1) is 23.9. The lowest BCUT2D eigenvalue weighted by Crippen LogP contribution is -2.54. The highest BCUT2D eigenvalue weighted by Gasteiger charge is 2.32. The van der Waals surface area contributed by atoms with Gasteiger partial charge in [0.1, 0.15) is 0 Å². The van der Waals surface area contributed by atoms with Gasteiger partial charge in [-0.15, -0.1) is 0 Å². The Bertz CT molecular complexity index is 1290. The molecule has 0 radical (unpaired) electrons. The summed E-state index contributed by atoms with van der Waals surface area (Å²) in [5.74, 6) is 0.0358. The quantitative estimate of drug-likeness (QED) is 0.546. The molecule has 2 aliphatic heterocycles. The number of carbonyl (C=O) groups is 1. The standard InChI is InChI=1S/C27H31N3O4S/c1-21-18-28(19-26(34-21)23-8-3-2-4-9-23)20-27(31)29-13-15-30(16-14-29)35(32,33)25-12-11-22-7-5-6-10-24(22)17-25/h2-12,17,21,26H,13-16,18-20H2,1H3. The Kier molecular flexibility index (Phi) is 6.88. The molecule has 2 unspecified atom stereocenters. The van der Waals surface area contributed by atoms with Gasteiger partial charge in [-0.2, -0.15) is 4.31 Å². The molecule has 35 heavy (non-hydrogen) atoms. The van der Waals surface area contributed by atoms with E-state index in [2.05, 4.69) is 17.0 Å². The van der Waals surface area contributed by atoms with Crippen LogP contribution in [-0.2, 0) is 19.6 Å². The maximum atomic E-state index is 13.2. The van der Waals surface area contributed by atoms with E-state index in [1.165, 1.54) is 4.31 Å². The van der Waals surface area contributed by atoms with E-state index in [0.29, 0.717) is 50.7 Å². The number of carbonyl (C=O) groups excluding carboxylic acids is 1. The van der Waals surface area contributed by atoms with Crippen LogP contribution in [0, 0.1) is 0 Å². The van der Waals surface area contributed by atoms with E-state index < -0.39 is 10.0 Å². The van der Waals surface area contributed by atoms with E-state index in [1.807, 2.05) is 55.5 Å². The molecule has 0 aromatic heterocycles. The van der Waals surface area contributed by atoms with E-state index in [-0.39, 0.29) is 18.1 Å². The number of fused-ring (bicyclic) bond motifs is 1. The van der Waals surface area contributed by atoms with Crippen LogP contribution in [0.2, 0.25) is 0 Å². The molecule has 2 heterocycles. The molecule has 184 valence electrons. The Hall–Kier alpha value is -2.78. The highest BCUT2D eigenvalue weighted by Crippen LogP contribution is 2.26. The number of hydrogen-bond donors (Lipinski definition) is 0. The summed E-state index contributed by atoms with van der Waals surface area (Å²) in [7, 11) is -3.61. The van der Waals surface area contributed by atoms with Gasteiger partial charge in [-0.1, -0.05) is 60.7 Å². The molecule has 0 aliphatic carbocycles. The number of benzene rings is 3. The molecule has 3 aromatic rings. The number of amides is 1. The first-order chi connectivity index (χ1) is 16.9. The van der Waals surface area contributed by atoms with E-state index >= 15 is 0 Å². The molecule has 8 heteroatoms. The first-order valence-electron chi connectivity index (χ1n) is 12.1. The molecule has 2 atom stereocenters. The highest BCUT2D eigenvalue weighted by molar-refractivity contribution is 7.89. The minimum absolute atomic E-state index is 0.0331. The van der Waals surface area contributed by atoms with Crippen LogP contribution in [0.4, 0.5) is 0 Å². The van der Waals surface area contributed by atoms with Gasteiger partial charge in [0.2, 0.25) is 15.9 Å². The van der Waals surface area contributed by atoms with Gasteiger partial charge < -0.3 is 9.64 Å². The SMILES string of the molecule is CC1CN(CC(=O)N2CCN(S(=O)(=O)c3ccc4ccccc4c3)CC2)CC(c2ccccc2)O1. The molecular formula is C27H31N3O4S. The molecule has 7 nitrogen and oxygen atoms in total. The van der Waals surface area contributed by atoms with Crippen LogP contribution in [0.15, 0.2) is 77.7 Å². The number of nitrogens with zero attached hydrogens (tertiary/aromatic N) is 3. The lowest BCUT2D eigenvalue weighted by molar-refractivity contribution is -0.137. The molecule has 0 spiro atoms. The van der Waals surface area contributed by atoms with E-state index in [1.54, 1.807) is 17.0 Å². The normalized spacial score (nSPS) is 22.4. The van der Waals surface area contributed by atoms with Crippen LogP contribution in [-0.4, -0.2) is 80.3 Å². The van der Waals surface area contributed by atoms with Crippen molar-refractivity contribution in [1.29, 1.82) is 0 Å². The van der Waals surface area contributed by atoms with E-state index in [0.717, 1.165) is 16.3 Å². The van der Waals surface area contributed by atoms with Crippen molar-refractivity contribution in [2.45, 2.75) is 24.0 Å². The maximum Gasteiger partial charge on any atom is 0.243 e. The van der Waals surface area contributed by atoms with Crippen LogP contribution in [0.1, 0.15) is 18.6 Å². The molecule has 2 aliphatic rings. The summed E-state index contributed by atoms with van der Waals surface area (Å²) in [6.07, 6.45) is -0.0256. The Labute approximate surface area is 206 Å². The zero-order valence-electron chi connectivity index (χ0n) is 19.9. The second-order valence-corrected chi connectivity index (χ2v) is 11.3. The van der Waals surface area contributed by atoms with Crippen LogP contribution in [0.5, 0.6) is 0 Å². The molecule has 0 saturated carbocycles. The number of sulfonamides is 1. The number of hydrogen-bond acceptors (Lipinski definition) is 5. The first-order valence-corrected chi connectivity index (χ1v) is 13.5. The predicted octanol–water partition coefficient (Wildman–Crippen LogP) is 3.13. The van der Waals surface area contributed by atoms with Crippen LogP contribution in [0.3, 0.4) is 0 Å². The fraction of sp³-hybridized carbons (Fsp3) is 0.370. The zero-order chi connectivity index (χ0) is 24.4. The Morgan fingerprint density at radius 3 is 2.31 bits per heavy atom. The summed E-state index contributed by atoms with van der Waals surface area (Å²) < 4.78 is 34.1. The van der Waals surface area contributed by atoms with Gasteiger partial charge in [-0.05, 0) is 35.4 Å². The zero-order valence-corrected chi connectivity index (χ0v) is 20.7. The molecule has 2 saturated heterocycles. The molecule has 1 amide bonds. The van der Waals surface area contributed by atoms with Crippen molar-refractivity contribution in [3.05, 3.63) is 78.4 Å². The van der Waals surface area contributed by atoms with Gasteiger partial charge in [-0.3, -0.25) is 9.69 Å². The fourth-order valence-corrected chi connectivity index (χ4v) is 6.42. The van der Waals surface area contributed by atoms with Gasteiger partial charge in [-0.25, -0.2) is 8.42 Å². The Morgan fingerprint density at radius 1 is 0.886 bits per heavy atom. The largest absolute Gasteiger partial charge is 0.368 e. The van der Waals surface area contributed by atoms with Gasteiger partial charge in [0.15, 0.2) is 0 Å². The molecule has 2 fully saturated rings. The summed E-state index contributed by atoms with van der Waals surface area (Å²) >= 11 is 0. The maximum absolute atomic E-state index is 13.2. The number of rotatable bonds is 5. The number of piperazine rings is 1. The summed E-state index contributed by atoms with van der Waals surface area (Å²) in [6.45, 7) is 5.10. The van der Waals surface area contributed by atoms with Crippen molar-refractivity contribution in [2.24, 2.45) is 0 Å². The summed E-state index contributed by atoms with van der Waals surface area (Å²) in [5.41, 5.74) is 1.11. The lowest BCUT2D eigenvalue weighted by atomic mass is 10.1. The second-order valence-electron chi connectivity index (χ2n) is 9.33. The summed E-state index contributed by atoms with van der Waals surface area (Å²) in [4.78, 5) is 17.3. The monoisotopic (exact) mass is 493 g/mol. The van der Waals surface area contributed by atoms with Gasteiger partial charge >= 0.3 is 0 Å². The van der Waals surface area contributed by atoms with Crippen LogP contribution in [0.25, 0.3) is 10.8 Å². The summed E-state index contributed by atoms with van der Waals surface area (Å²) in [6, 6.07) is 23.0. The molecule has 0 N–H and O–H groups in total. The van der Waals surface area contributed by atoms with E-state index in [4.69, 9.17) is 4.74 Å². The van der Waals surface area contributed by atoms with Crippen molar-refractivity contribution >= 4 is 26.7 Å².